The van der Waals surface area contributed by atoms with Crippen molar-refractivity contribution in [3.8, 4) is 16.8 Å². The average molecular weight is 386 g/mol. The molecule has 1 aliphatic rings. The fourth-order valence-corrected chi connectivity index (χ4v) is 2.88. The Hall–Kier alpha value is -3.16. The zero-order valence-corrected chi connectivity index (χ0v) is 15.0. The third-order valence-corrected chi connectivity index (χ3v) is 4.62. The van der Waals surface area contributed by atoms with Crippen molar-refractivity contribution >= 4 is 5.91 Å². The summed E-state index contributed by atoms with van der Waals surface area (Å²) in [5.74, 6) is -0.127. The van der Waals surface area contributed by atoms with Crippen molar-refractivity contribution in [2.24, 2.45) is 0 Å². The lowest BCUT2D eigenvalue weighted by Crippen LogP contribution is -2.25. The fourth-order valence-electron chi connectivity index (χ4n) is 2.88. The van der Waals surface area contributed by atoms with E-state index >= 15 is 0 Å². The molecule has 8 heteroatoms. The highest BCUT2D eigenvalue weighted by Gasteiger charge is 2.31. The minimum Gasteiger partial charge on any atom is -0.349 e. The van der Waals surface area contributed by atoms with E-state index in [0.717, 1.165) is 36.2 Å². The van der Waals surface area contributed by atoms with Crippen LogP contribution in [0.5, 0.6) is 0 Å². The SMILES string of the molecule is Cc1ccc(C(=O)NC2CC2)cc1-c1cnn(-c2cncc(C(F)(F)F)c2)c1. The van der Waals surface area contributed by atoms with Crippen molar-refractivity contribution in [2.45, 2.75) is 32.0 Å². The first-order valence-corrected chi connectivity index (χ1v) is 8.80. The van der Waals surface area contributed by atoms with Crippen LogP contribution in [0.15, 0.2) is 49.1 Å². The number of benzene rings is 1. The van der Waals surface area contributed by atoms with E-state index in [0.29, 0.717) is 11.1 Å². The van der Waals surface area contributed by atoms with E-state index in [9.17, 15) is 18.0 Å². The first kappa shape index (κ1) is 18.2. The second-order valence-electron chi connectivity index (χ2n) is 6.88. The molecule has 1 saturated carbocycles. The molecule has 28 heavy (non-hydrogen) atoms. The predicted molar refractivity (Wildman–Crippen MR) is 97.0 cm³/mol. The van der Waals surface area contributed by atoms with Gasteiger partial charge >= 0.3 is 6.18 Å². The molecule has 0 saturated heterocycles. The Morgan fingerprint density at radius 2 is 1.96 bits per heavy atom. The van der Waals surface area contributed by atoms with Crippen molar-refractivity contribution in [1.29, 1.82) is 0 Å². The van der Waals surface area contributed by atoms with Crippen LogP contribution in [-0.2, 0) is 6.18 Å². The van der Waals surface area contributed by atoms with E-state index in [-0.39, 0.29) is 17.6 Å². The maximum Gasteiger partial charge on any atom is 0.417 e. The topological polar surface area (TPSA) is 59.8 Å². The van der Waals surface area contributed by atoms with E-state index in [1.165, 1.54) is 10.9 Å². The zero-order valence-electron chi connectivity index (χ0n) is 15.0. The number of hydrogen-bond acceptors (Lipinski definition) is 3. The molecular weight excluding hydrogens is 369 g/mol. The molecular formula is C20H17F3N4O. The standard InChI is InChI=1S/C20H17F3N4O/c1-12-2-3-13(19(28)26-16-4-5-16)6-18(12)14-8-25-27(11-14)17-7-15(9-24-10-17)20(21,22)23/h2-3,6-11,16H,4-5H2,1H3,(H,26,28). The fraction of sp³-hybridized carbons (Fsp3) is 0.250. The summed E-state index contributed by atoms with van der Waals surface area (Å²) in [5, 5.41) is 7.11. The molecule has 144 valence electrons. The van der Waals surface area contributed by atoms with Gasteiger partial charge in [0.25, 0.3) is 5.91 Å². The Labute approximate surface area is 159 Å². The lowest BCUT2D eigenvalue weighted by atomic mass is 10.0. The van der Waals surface area contributed by atoms with Crippen LogP contribution in [0, 0.1) is 6.92 Å². The van der Waals surface area contributed by atoms with Gasteiger partial charge in [0.2, 0.25) is 0 Å². The van der Waals surface area contributed by atoms with Crippen LogP contribution in [0.3, 0.4) is 0 Å². The van der Waals surface area contributed by atoms with Crippen LogP contribution in [0.4, 0.5) is 13.2 Å². The Bertz CT molecular complexity index is 1040. The van der Waals surface area contributed by atoms with Crippen LogP contribution in [0.1, 0.15) is 34.3 Å². The largest absolute Gasteiger partial charge is 0.417 e. The van der Waals surface area contributed by atoms with Crippen molar-refractivity contribution in [3.63, 3.8) is 0 Å². The van der Waals surface area contributed by atoms with E-state index in [1.807, 2.05) is 13.0 Å². The first-order chi connectivity index (χ1) is 13.3. The summed E-state index contributed by atoms with van der Waals surface area (Å²) in [6.45, 7) is 1.90. The van der Waals surface area contributed by atoms with Gasteiger partial charge in [-0.25, -0.2) is 4.68 Å². The number of carbonyl (C=O) groups excluding carboxylic acids is 1. The van der Waals surface area contributed by atoms with Crippen LogP contribution < -0.4 is 5.32 Å². The molecule has 4 rings (SSSR count). The third kappa shape index (κ3) is 3.76. The van der Waals surface area contributed by atoms with E-state index in [1.54, 1.807) is 24.5 Å². The summed E-state index contributed by atoms with van der Waals surface area (Å²) in [4.78, 5) is 16.0. The third-order valence-electron chi connectivity index (χ3n) is 4.62. The Kier molecular flexibility index (Phi) is 4.41. The van der Waals surface area contributed by atoms with Crippen molar-refractivity contribution < 1.29 is 18.0 Å². The second kappa shape index (κ2) is 6.78. The van der Waals surface area contributed by atoms with Gasteiger partial charge in [0, 0.05) is 29.6 Å². The highest BCUT2D eigenvalue weighted by atomic mass is 19.4. The number of pyridine rings is 1. The van der Waals surface area contributed by atoms with Crippen molar-refractivity contribution in [2.75, 3.05) is 0 Å². The number of nitrogens with zero attached hydrogens (tertiary/aromatic N) is 3. The molecule has 0 bridgehead atoms. The molecule has 0 radical (unpaired) electrons. The van der Waals surface area contributed by atoms with Crippen molar-refractivity contribution in [1.82, 2.24) is 20.1 Å². The number of aryl methyl sites for hydroxylation is 1. The predicted octanol–water partition coefficient (Wildman–Crippen LogP) is 4.15. The molecule has 0 spiro atoms. The molecule has 0 unspecified atom stereocenters. The highest BCUT2D eigenvalue weighted by molar-refractivity contribution is 5.96. The number of halogens is 3. The molecule has 1 fully saturated rings. The highest BCUT2D eigenvalue weighted by Crippen LogP contribution is 2.30. The van der Waals surface area contributed by atoms with Gasteiger partial charge in [-0.2, -0.15) is 18.3 Å². The van der Waals surface area contributed by atoms with Gasteiger partial charge in [-0.15, -0.1) is 0 Å². The summed E-state index contributed by atoms with van der Waals surface area (Å²) >= 11 is 0. The van der Waals surface area contributed by atoms with Gasteiger partial charge < -0.3 is 5.32 Å². The number of hydrogen-bond donors (Lipinski definition) is 1. The van der Waals surface area contributed by atoms with Gasteiger partial charge in [-0.1, -0.05) is 6.07 Å². The maximum absolute atomic E-state index is 12.9. The molecule has 5 nitrogen and oxygen atoms in total. The lowest BCUT2D eigenvalue weighted by molar-refractivity contribution is -0.137. The lowest BCUT2D eigenvalue weighted by Gasteiger charge is -2.09. The van der Waals surface area contributed by atoms with Gasteiger partial charge in [0.05, 0.1) is 23.6 Å². The summed E-state index contributed by atoms with van der Waals surface area (Å²) < 4.78 is 40.1. The normalized spacial score (nSPS) is 14.1. The molecule has 0 atom stereocenters. The first-order valence-electron chi connectivity index (χ1n) is 8.80. The minimum absolute atomic E-state index is 0.127. The number of aromatic nitrogens is 3. The summed E-state index contributed by atoms with van der Waals surface area (Å²) in [5.41, 5.74) is 2.36. The number of amides is 1. The quantitative estimate of drug-likeness (QED) is 0.733. The molecule has 1 N–H and O–H groups in total. The average Bonchev–Trinajstić information content (AvgIpc) is 3.33. The summed E-state index contributed by atoms with van der Waals surface area (Å²) in [7, 11) is 0. The zero-order chi connectivity index (χ0) is 19.9. The minimum atomic E-state index is -4.47. The second-order valence-corrected chi connectivity index (χ2v) is 6.88. The molecule has 1 aliphatic carbocycles. The number of rotatable bonds is 4. The number of alkyl halides is 3. The number of carbonyl (C=O) groups is 1. The molecule has 2 aromatic heterocycles. The number of nitrogens with one attached hydrogen (secondary N) is 1. The Morgan fingerprint density at radius 1 is 1.18 bits per heavy atom. The summed E-state index contributed by atoms with van der Waals surface area (Å²) in [6.07, 6.45) is 2.81. The van der Waals surface area contributed by atoms with Crippen LogP contribution in [0.2, 0.25) is 0 Å². The van der Waals surface area contributed by atoms with E-state index in [2.05, 4.69) is 15.4 Å². The van der Waals surface area contributed by atoms with Crippen LogP contribution in [0.25, 0.3) is 16.8 Å². The molecule has 3 aromatic rings. The van der Waals surface area contributed by atoms with Crippen LogP contribution >= 0.6 is 0 Å². The molecule has 2 heterocycles. The van der Waals surface area contributed by atoms with Gasteiger partial charge in [-0.3, -0.25) is 9.78 Å². The summed E-state index contributed by atoms with van der Waals surface area (Å²) in [6, 6.07) is 6.64. The molecule has 0 aliphatic heterocycles. The van der Waals surface area contributed by atoms with Gasteiger partial charge in [0.15, 0.2) is 0 Å². The smallest absolute Gasteiger partial charge is 0.349 e. The van der Waals surface area contributed by atoms with Gasteiger partial charge in [-0.05, 0) is 49.1 Å². The molecule has 1 aromatic carbocycles. The monoisotopic (exact) mass is 386 g/mol. The van der Waals surface area contributed by atoms with E-state index in [4.69, 9.17) is 0 Å². The van der Waals surface area contributed by atoms with Crippen molar-refractivity contribution in [3.05, 3.63) is 65.7 Å². The Balaban J connectivity index is 1.65. The Morgan fingerprint density at radius 3 is 2.68 bits per heavy atom. The maximum atomic E-state index is 12.9. The molecule has 1 amide bonds. The van der Waals surface area contributed by atoms with Crippen LogP contribution in [-0.4, -0.2) is 26.7 Å². The van der Waals surface area contributed by atoms with E-state index < -0.39 is 11.7 Å². The van der Waals surface area contributed by atoms with Gasteiger partial charge in [0.1, 0.15) is 0 Å².